The number of aryl methyl sites for hydroxylation is 1. The third-order valence-corrected chi connectivity index (χ3v) is 6.85. The maximum absolute atomic E-state index is 6.34. The first-order valence-corrected chi connectivity index (χ1v) is 11.5. The number of ether oxygens (including phenoxy) is 1. The second kappa shape index (κ2) is 11.5. The van der Waals surface area contributed by atoms with Crippen LogP contribution in [0.1, 0.15) is 30.4 Å². The molecule has 0 aliphatic carbocycles. The van der Waals surface area contributed by atoms with E-state index in [-0.39, 0.29) is 29.4 Å². The van der Waals surface area contributed by atoms with Gasteiger partial charge in [-0.05, 0) is 49.4 Å². The lowest BCUT2D eigenvalue weighted by Gasteiger charge is -2.39. The lowest BCUT2D eigenvalue weighted by molar-refractivity contribution is 0.0511. The predicted octanol–water partition coefficient (Wildman–Crippen LogP) is 4.15. The predicted molar refractivity (Wildman–Crippen MR) is 143 cm³/mol. The Balaban J connectivity index is 0.00000289. The van der Waals surface area contributed by atoms with Crippen molar-refractivity contribution >= 4 is 47.4 Å². The van der Waals surface area contributed by atoms with Gasteiger partial charge in [-0.25, -0.2) is 4.98 Å². The Labute approximate surface area is 213 Å². The van der Waals surface area contributed by atoms with E-state index < -0.39 is 0 Å². The number of anilines is 1. The third kappa shape index (κ3) is 5.66. The molecule has 0 saturated carbocycles. The number of hydrogen-bond donors (Lipinski definition) is 2. The Bertz CT molecular complexity index is 919. The molecule has 2 saturated heterocycles. The number of nitrogens with one attached hydrogen (secondary N) is 2. The summed E-state index contributed by atoms with van der Waals surface area (Å²) < 4.78 is 5.69. The smallest absolute Gasteiger partial charge is 0.191 e. The molecular weight excluding hydrogens is 537 g/mol. The number of nitrogens with zero attached hydrogens (tertiary/aromatic N) is 3. The summed E-state index contributed by atoms with van der Waals surface area (Å²) in [4.78, 5) is 11.2. The molecule has 2 N–H and O–H groups in total. The zero-order valence-corrected chi connectivity index (χ0v) is 21.9. The molecule has 0 spiro atoms. The number of guanidine groups is 1. The minimum atomic E-state index is 0. The summed E-state index contributed by atoms with van der Waals surface area (Å²) in [6, 6.07) is 12.8. The van der Waals surface area contributed by atoms with Crippen LogP contribution in [0.5, 0.6) is 0 Å². The van der Waals surface area contributed by atoms with Crippen molar-refractivity contribution in [1.29, 1.82) is 0 Å². The van der Waals surface area contributed by atoms with E-state index in [1.165, 1.54) is 11.1 Å². The topological polar surface area (TPSA) is 61.8 Å². The van der Waals surface area contributed by atoms with Gasteiger partial charge in [-0.3, -0.25) is 4.99 Å². The molecular formula is C24H33ClIN5O. The van der Waals surface area contributed by atoms with Crippen molar-refractivity contribution in [3.63, 3.8) is 0 Å². The highest BCUT2D eigenvalue weighted by molar-refractivity contribution is 14.0. The molecule has 1 unspecified atom stereocenters. The number of rotatable bonds is 5. The Kier molecular flexibility index (Phi) is 9.02. The Morgan fingerprint density at radius 3 is 2.75 bits per heavy atom. The SMILES string of the molecule is CN=C(NCC1(c2ccccc2C)CCOCC1)NC1CCN(c2ncccc2Cl)C1.I. The number of halogens is 2. The molecule has 0 bridgehead atoms. The second-order valence-corrected chi connectivity index (χ2v) is 8.93. The summed E-state index contributed by atoms with van der Waals surface area (Å²) in [7, 11) is 1.84. The number of pyridine rings is 1. The van der Waals surface area contributed by atoms with Crippen molar-refractivity contribution in [3.8, 4) is 0 Å². The molecule has 6 nitrogen and oxygen atoms in total. The summed E-state index contributed by atoms with van der Waals surface area (Å²) in [6.07, 6.45) is 4.83. The second-order valence-electron chi connectivity index (χ2n) is 8.52. The van der Waals surface area contributed by atoms with Gasteiger partial charge in [0.2, 0.25) is 0 Å². The molecule has 2 aromatic rings. The summed E-state index contributed by atoms with van der Waals surface area (Å²) in [5.74, 6) is 1.70. The lowest BCUT2D eigenvalue weighted by Crippen LogP contribution is -2.50. The van der Waals surface area contributed by atoms with Gasteiger partial charge in [0.1, 0.15) is 5.82 Å². The third-order valence-electron chi connectivity index (χ3n) is 6.55. The van der Waals surface area contributed by atoms with Crippen LogP contribution in [0.4, 0.5) is 5.82 Å². The standard InChI is InChI=1S/C24H32ClN5O.HI/c1-18-6-3-4-7-20(18)24(10-14-31-15-11-24)17-28-23(26-2)29-19-9-13-30(16-19)22-21(25)8-5-12-27-22;/h3-8,12,19H,9-11,13-17H2,1-2H3,(H2,26,28,29);1H. The molecule has 1 aromatic heterocycles. The monoisotopic (exact) mass is 569 g/mol. The molecule has 0 radical (unpaired) electrons. The van der Waals surface area contributed by atoms with Crippen molar-refractivity contribution in [2.24, 2.45) is 4.99 Å². The highest BCUT2D eigenvalue weighted by Crippen LogP contribution is 2.36. The molecule has 174 valence electrons. The quantitative estimate of drug-likeness (QED) is 0.322. The molecule has 4 rings (SSSR count). The maximum Gasteiger partial charge on any atom is 0.191 e. The minimum absolute atomic E-state index is 0. The van der Waals surface area contributed by atoms with Crippen LogP contribution in [0.2, 0.25) is 5.02 Å². The number of aliphatic imine (C=N–C) groups is 1. The largest absolute Gasteiger partial charge is 0.381 e. The van der Waals surface area contributed by atoms with E-state index in [0.29, 0.717) is 11.1 Å². The van der Waals surface area contributed by atoms with E-state index in [0.717, 1.165) is 63.9 Å². The highest BCUT2D eigenvalue weighted by Gasteiger charge is 2.36. The fourth-order valence-corrected chi connectivity index (χ4v) is 5.03. The molecule has 2 aliphatic heterocycles. The van der Waals surface area contributed by atoms with Gasteiger partial charge in [-0.15, -0.1) is 24.0 Å². The number of aromatic nitrogens is 1. The van der Waals surface area contributed by atoms with Gasteiger partial charge in [0.25, 0.3) is 0 Å². The van der Waals surface area contributed by atoms with Crippen LogP contribution >= 0.6 is 35.6 Å². The van der Waals surface area contributed by atoms with Gasteiger partial charge in [0.05, 0.1) is 5.02 Å². The van der Waals surface area contributed by atoms with E-state index in [4.69, 9.17) is 16.3 Å². The van der Waals surface area contributed by atoms with E-state index in [1.807, 2.05) is 19.2 Å². The van der Waals surface area contributed by atoms with E-state index in [1.54, 1.807) is 6.20 Å². The van der Waals surface area contributed by atoms with Crippen molar-refractivity contribution < 1.29 is 4.74 Å². The van der Waals surface area contributed by atoms with Gasteiger partial charge >= 0.3 is 0 Å². The van der Waals surface area contributed by atoms with Crippen molar-refractivity contribution in [3.05, 3.63) is 58.7 Å². The Hall–Kier alpha value is -1.58. The average molecular weight is 570 g/mol. The van der Waals surface area contributed by atoms with E-state index in [2.05, 4.69) is 56.7 Å². The highest BCUT2D eigenvalue weighted by atomic mass is 127. The fourth-order valence-electron chi connectivity index (χ4n) is 4.79. The maximum atomic E-state index is 6.34. The molecule has 8 heteroatoms. The van der Waals surface area contributed by atoms with Crippen LogP contribution in [-0.2, 0) is 10.2 Å². The van der Waals surface area contributed by atoms with Crippen molar-refractivity contribution in [1.82, 2.24) is 15.6 Å². The fraction of sp³-hybridized carbons (Fsp3) is 0.500. The normalized spacial score (nSPS) is 20.5. The van der Waals surface area contributed by atoms with Gasteiger partial charge in [-0.2, -0.15) is 0 Å². The molecule has 32 heavy (non-hydrogen) atoms. The van der Waals surface area contributed by atoms with Gasteiger partial charge in [0, 0.05) is 57.5 Å². The van der Waals surface area contributed by atoms with Crippen LogP contribution in [0, 0.1) is 6.92 Å². The number of hydrogen-bond acceptors (Lipinski definition) is 4. The zero-order valence-electron chi connectivity index (χ0n) is 18.8. The summed E-state index contributed by atoms with van der Waals surface area (Å²) in [5.41, 5.74) is 2.82. The van der Waals surface area contributed by atoms with Crippen LogP contribution in [0.25, 0.3) is 0 Å². The lowest BCUT2D eigenvalue weighted by atomic mass is 9.72. The zero-order chi connectivity index (χ0) is 21.7. The van der Waals surface area contributed by atoms with Gasteiger partial charge in [-0.1, -0.05) is 35.9 Å². The average Bonchev–Trinajstić information content (AvgIpc) is 3.26. The molecule has 1 aromatic carbocycles. The van der Waals surface area contributed by atoms with Crippen molar-refractivity contribution in [2.45, 2.75) is 37.6 Å². The summed E-state index contributed by atoms with van der Waals surface area (Å²) >= 11 is 6.34. The summed E-state index contributed by atoms with van der Waals surface area (Å²) in [5, 5.41) is 7.92. The van der Waals surface area contributed by atoms with E-state index >= 15 is 0 Å². The van der Waals surface area contributed by atoms with Crippen LogP contribution < -0.4 is 15.5 Å². The molecule has 2 aliphatic rings. The van der Waals surface area contributed by atoms with Crippen molar-refractivity contribution in [2.75, 3.05) is 44.8 Å². The van der Waals surface area contributed by atoms with E-state index in [9.17, 15) is 0 Å². The molecule has 0 amide bonds. The number of benzene rings is 1. The molecule has 2 fully saturated rings. The van der Waals surface area contributed by atoms with Crippen LogP contribution in [0.3, 0.4) is 0 Å². The molecule has 1 atom stereocenters. The van der Waals surface area contributed by atoms with Gasteiger partial charge in [0.15, 0.2) is 5.96 Å². The van der Waals surface area contributed by atoms with Gasteiger partial charge < -0.3 is 20.3 Å². The Morgan fingerprint density at radius 2 is 2.03 bits per heavy atom. The Morgan fingerprint density at radius 1 is 1.25 bits per heavy atom. The van der Waals surface area contributed by atoms with Crippen LogP contribution in [-0.4, -0.2) is 56.9 Å². The minimum Gasteiger partial charge on any atom is -0.381 e. The first kappa shape index (κ1) is 25.1. The van der Waals surface area contributed by atoms with Crippen LogP contribution in [0.15, 0.2) is 47.6 Å². The molecule has 3 heterocycles. The summed E-state index contributed by atoms with van der Waals surface area (Å²) in [6.45, 7) is 6.41. The first-order chi connectivity index (χ1) is 15.1. The first-order valence-electron chi connectivity index (χ1n) is 11.1.